The van der Waals surface area contributed by atoms with Crippen molar-refractivity contribution in [3.8, 4) is 0 Å². The van der Waals surface area contributed by atoms with Crippen molar-refractivity contribution in [1.29, 1.82) is 0 Å². The average Bonchev–Trinajstić information content (AvgIpc) is 3.37. The molecule has 0 aliphatic heterocycles. The van der Waals surface area contributed by atoms with E-state index in [0.29, 0.717) is 17.0 Å². The van der Waals surface area contributed by atoms with E-state index >= 15 is 0 Å². The molecule has 1 fully saturated rings. The zero-order valence-electron chi connectivity index (χ0n) is 19.6. The molecule has 4 nitrogen and oxygen atoms in total. The van der Waals surface area contributed by atoms with Gasteiger partial charge in [-0.05, 0) is 41.7 Å². The third-order valence-corrected chi connectivity index (χ3v) is 6.94. The van der Waals surface area contributed by atoms with Crippen molar-refractivity contribution < 1.29 is 14.0 Å². The van der Waals surface area contributed by atoms with E-state index in [4.69, 9.17) is 11.6 Å². The lowest BCUT2D eigenvalue weighted by Gasteiger charge is -2.32. The minimum Gasteiger partial charge on any atom is -0.352 e. The van der Waals surface area contributed by atoms with Gasteiger partial charge in [0, 0.05) is 24.0 Å². The monoisotopic (exact) mass is 492 g/mol. The summed E-state index contributed by atoms with van der Waals surface area (Å²) in [5.41, 5.74) is 1.99. The van der Waals surface area contributed by atoms with Crippen LogP contribution in [0.15, 0.2) is 78.9 Å². The molecule has 1 atom stereocenters. The highest BCUT2D eigenvalue weighted by Gasteiger charge is 2.32. The molecule has 2 amide bonds. The van der Waals surface area contributed by atoms with Crippen LogP contribution in [0.2, 0.25) is 5.02 Å². The molecular formula is C29H30ClFN2O2. The van der Waals surface area contributed by atoms with E-state index in [1.54, 1.807) is 29.2 Å². The van der Waals surface area contributed by atoms with Crippen LogP contribution in [0.4, 0.5) is 4.39 Å². The highest BCUT2D eigenvalue weighted by atomic mass is 35.5. The highest BCUT2D eigenvalue weighted by molar-refractivity contribution is 6.31. The number of hydrogen-bond donors (Lipinski definition) is 1. The quantitative estimate of drug-likeness (QED) is 0.415. The summed E-state index contributed by atoms with van der Waals surface area (Å²) >= 11 is 6.44. The Morgan fingerprint density at radius 2 is 1.54 bits per heavy atom. The van der Waals surface area contributed by atoms with Gasteiger partial charge in [0.25, 0.3) is 0 Å². The van der Waals surface area contributed by atoms with E-state index in [1.807, 2.05) is 48.5 Å². The first-order chi connectivity index (χ1) is 17.0. The number of nitrogens with one attached hydrogen (secondary N) is 1. The zero-order chi connectivity index (χ0) is 24.6. The summed E-state index contributed by atoms with van der Waals surface area (Å²) in [7, 11) is 0. The van der Waals surface area contributed by atoms with Gasteiger partial charge in [-0.15, -0.1) is 0 Å². The summed E-state index contributed by atoms with van der Waals surface area (Å²) in [4.78, 5) is 28.9. The van der Waals surface area contributed by atoms with E-state index in [-0.39, 0.29) is 30.8 Å². The Hall–Kier alpha value is -3.18. The van der Waals surface area contributed by atoms with E-state index in [0.717, 1.165) is 36.8 Å². The van der Waals surface area contributed by atoms with Gasteiger partial charge in [0.15, 0.2) is 0 Å². The molecule has 4 rings (SSSR count). The Balaban J connectivity index is 1.68. The first kappa shape index (κ1) is 24.9. The molecule has 0 aromatic heterocycles. The van der Waals surface area contributed by atoms with Gasteiger partial charge in [-0.2, -0.15) is 0 Å². The topological polar surface area (TPSA) is 49.4 Å². The zero-order valence-corrected chi connectivity index (χ0v) is 20.4. The molecular weight excluding hydrogens is 463 g/mol. The molecule has 1 N–H and O–H groups in total. The molecule has 182 valence electrons. The minimum atomic E-state index is -0.756. The molecule has 0 radical (unpaired) electrons. The van der Waals surface area contributed by atoms with Crippen molar-refractivity contribution in [1.82, 2.24) is 10.2 Å². The van der Waals surface area contributed by atoms with Crippen molar-refractivity contribution in [3.63, 3.8) is 0 Å². The molecule has 3 aromatic carbocycles. The predicted molar refractivity (Wildman–Crippen MR) is 136 cm³/mol. The first-order valence-electron chi connectivity index (χ1n) is 12.1. The van der Waals surface area contributed by atoms with Crippen LogP contribution in [0.25, 0.3) is 0 Å². The average molecular weight is 493 g/mol. The maximum atomic E-state index is 14.4. The number of nitrogens with zero attached hydrogens (tertiary/aromatic N) is 1. The lowest BCUT2D eigenvalue weighted by atomic mass is 10.0. The lowest BCUT2D eigenvalue weighted by Crippen LogP contribution is -2.52. The minimum absolute atomic E-state index is 0.115. The molecule has 1 aliphatic carbocycles. The second-order valence-corrected chi connectivity index (χ2v) is 9.48. The highest BCUT2D eigenvalue weighted by Crippen LogP contribution is 2.23. The van der Waals surface area contributed by atoms with Crippen LogP contribution in [0.3, 0.4) is 0 Å². The standard InChI is InChI=1S/C29H30ClFN2O2/c30-25-16-8-4-13-23(25)20-33(28(34)19-22-12-5-9-17-26(22)31)27(18-21-10-2-1-3-11-21)29(35)32-24-14-6-7-15-24/h1-5,8-13,16-17,24,27H,6-7,14-15,18-20H2,(H,32,35)/t27-/m1/s1. The summed E-state index contributed by atoms with van der Waals surface area (Å²) < 4.78 is 14.4. The molecule has 6 heteroatoms. The van der Waals surface area contributed by atoms with E-state index < -0.39 is 11.9 Å². The molecule has 0 saturated heterocycles. The summed E-state index contributed by atoms with van der Waals surface area (Å²) in [6.45, 7) is 0.155. The maximum absolute atomic E-state index is 14.4. The van der Waals surface area contributed by atoms with Crippen LogP contribution in [-0.2, 0) is 29.0 Å². The number of carbonyl (C=O) groups is 2. The van der Waals surface area contributed by atoms with Crippen molar-refractivity contribution in [3.05, 3.63) is 106 Å². The fourth-order valence-corrected chi connectivity index (χ4v) is 4.83. The largest absolute Gasteiger partial charge is 0.352 e. The summed E-state index contributed by atoms with van der Waals surface area (Å²) in [6, 6.07) is 22.5. The van der Waals surface area contributed by atoms with Gasteiger partial charge in [-0.1, -0.05) is 91.2 Å². The van der Waals surface area contributed by atoms with E-state index in [2.05, 4.69) is 5.32 Å². The van der Waals surface area contributed by atoms with Gasteiger partial charge >= 0.3 is 0 Å². The Kier molecular flexibility index (Phi) is 8.54. The normalized spacial score (nSPS) is 14.5. The summed E-state index contributed by atoms with van der Waals surface area (Å²) in [6.07, 6.45) is 4.27. The van der Waals surface area contributed by atoms with Gasteiger partial charge in [-0.3, -0.25) is 9.59 Å². The molecule has 0 bridgehead atoms. The molecule has 1 saturated carbocycles. The molecule has 0 spiro atoms. The van der Waals surface area contributed by atoms with E-state index in [1.165, 1.54) is 6.07 Å². The van der Waals surface area contributed by atoms with Gasteiger partial charge in [0.1, 0.15) is 11.9 Å². The fraction of sp³-hybridized carbons (Fsp3) is 0.310. The second kappa shape index (κ2) is 12.0. The van der Waals surface area contributed by atoms with Gasteiger partial charge < -0.3 is 10.2 Å². The molecule has 3 aromatic rings. The van der Waals surface area contributed by atoms with Gasteiger partial charge in [-0.25, -0.2) is 4.39 Å². The fourth-order valence-electron chi connectivity index (χ4n) is 4.64. The molecule has 0 unspecified atom stereocenters. The number of amides is 2. The van der Waals surface area contributed by atoms with Crippen molar-refractivity contribution >= 4 is 23.4 Å². The third-order valence-electron chi connectivity index (χ3n) is 6.57. The summed E-state index contributed by atoms with van der Waals surface area (Å²) in [5.74, 6) is -0.944. The summed E-state index contributed by atoms with van der Waals surface area (Å²) in [5, 5.41) is 3.69. The van der Waals surface area contributed by atoms with Crippen molar-refractivity contribution in [2.45, 2.75) is 57.2 Å². The van der Waals surface area contributed by atoms with Crippen LogP contribution < -0.4 is 5.32 Å². The van der Waals surface area contributed by atoms with Gasteiger partial charge in [0.05, 0.1) is 6.42 Å². The van der Waals surface area contributed by atoms with E-state index in [9.17, 15) is 14.0 Å². The molecule has 35 heavy (non-hydrogen) atoms. The Morgan fingerprint density at radius 1 is 0.914 bits per heavy atom. The molecule has 0 heterocycles. The van der Waals surface area contributed by atoms with Gasteiger partial charge in [0.2, 0.25) is 11.8 Å². The Bertz CT molecular complexity index is 1150. The van der Waals surface area contributed by atoms with Crippen LogP contribution in [0.1, 0.15) is 42.4 Å². The maximum Gasteiger partial charge on any atom is 0.243 e. The SMILES string of the molecule is O=C(NC1CCCC1)[C@@H](Cc1ccccc1)N(Cc1ccccc1Cl)C(=O)Cc1ccccc1F. The number of carbonyl (C=O) groups excluding carboxylic acids is 2. The van der Waals surface area contributed by atoms with Crippen molar-refractivity contribution in [2.24, 2.45) is 0 Å². The number of halogens is 2. The van der Waals surface area contributed by atoms with Crippen LogP contribution >= 0.6 is 11.6 Å². The predicted octanol–water partition coefficient (Wildman–Crippen LogP) is 5.72. The smallest absolute Gasteiger partial charge is 0.243 e. The lowest BCUT2D eigenvalue weighted by molar-refractivity contribution is -0.141. The van der Waals surface area contributed by atoms with Crippen LogP contribution in [0.5, 0.6) is 0 Å². The number of rotatable bonds is 9. The second-order valence-electron chi connectivity index (χ2n) is 9.08. The Morgan fingerprint density at radius 3 is 2.23 bits per heavy atom. The molecule has 1 aliphatic rings. The number of hydrogen-bond acceptors (Lipinski definition) is 2. The first-order valence-corrected chi connectivity index (χ1v) is 12.5. The Labute approximate surface area is 211 Å². The number of benzene rings is 3. The van der Waals surface area contributed by atoms with Crippen LogP contribution in [-0.4, -0.2) is 28.8 Å². The van der Waals surface area contributed by atoms with Crippen LogP contribution in [0, 0.1) is 5.82 Å². The third kappa shape index (κ3) is 6.70. The van der Waals surface area contributed by atoms with Crippen molar-refractivity contribution in [2.75, 3.05) is 0 Å².